The molecule has 0 aromatic heterocycles. The van der Waals surface area contributed by atoms with Crippen LogP contribution in [0.5, 0.6) is 0 Å². The fourth-order valence-electron chi connectivity index (χ4n) is 9.60. The van der Waals surface area contributed by atoms with Gasteiger partial charge in [-0.25, -0.2) is 0 Å². The lowest BCUT2D eigenvalue weighted by molar-refractivity contribution is -0.318. The lowest BCUT2D eigenvalue weighted by Gasteiger charge is -2.48. The lowest BCUT2D eigenvalue weighted by Crippen LogP contribution is -2.60. The molecule has 5 aliphatic heterocycles. The van der Waals surface area contributed by atoms with Crippen LogP contribution in [0, 0.1) is 23.7 Å². The second-order valence-corrected chi connectivity index (χ2v) is 16.8. The van der Waals surface area contributed by atoms with Gasteiger partial charge in [-0.2, -0.15) is 0 Å². The fraction of sp³-hybridized carbons (Fsp3) is 0.973. The third-order valence-electron chi connectivity index (χ3n) is 12.6. The number of carbonyl (C=O) groups excluding carboxylic acids is 1. The summed E-state index contributed by atoms with van der Waals surface area (Å²) in [6.07, 6.45) is -4.08. The maximum absolute atomic E-state index is 14.3. The van der Waals surface area contributed by atoms with Crippen molar-refractivity contribution in [1.82, 2.24) is 4.90 Å². The van der Waals surface area contributed by atoms with E-state index in [0.717, 1.165) is 6.42 Å². The van der Waals surface area contributed by atoms with Crippen molar-refractivity contribution in [1.29, 1.82) is 0 Å². The van der Waals surface area contributed by atoms with Crippen molar-refractivity contribution < 1.29 is 52.9 Å². The maximum atomic E-state index is 14.3. The number of hydrogen-bond acceptors (Lipinski definition) is 12. The van der Waals surface area contributed by atoms with Crippen LogP contribution in [-0.4, -0.2) is 133 Å². The zero-order chi connectivity index (χ0) is 36.4. The van der Waals surface area contributed by atoms with E-state index < -0.39 is 83.8 Å². The molecule has 5 fully saturated rings. The van der Waals surface area contributed by atoms with E-state index in [0.29, 0.717) is 12.8 Å². The van der Waals surface area contributed by atoms with Gasteiger partial charge in [0.25, 0.3) is 0 Å². The van der Waals surface area contributed by atoms with Crippen molar-refractivity contribution >= 4 is 5.97 Å². The standard InChI is InChI=1S/C37H65NO11/c1-14-25-37(10,48-25)32-20(4)28-18(2)16-36(9,49-28)31(47-34-27(39)24(38(11)12)15-19(3)43-34)21(5)29(22(6)33(41)46-32)45-26-17-35(8,42-13)30(40)23(7)44-26/h18-32,34,39-40H,14-17H2,1-13H3/t18-,19-,20+,21+,22-,23+,24+,25+,26+,27-,28+,29+,30+,31-,32-,34+,35-,36-,37-/m1/s1. The number of fused-ring (bicyclic) bond motifs is 2. The number of rotatable bonds is 8. The summed E-state index contributed by atoms with van der Waals surface area (Å²) in [4.78, 5) is 16.3. The average molecular weight is 700 g/mol. The molecule has 5 rings (SSSR count). The molecular weight excluding hydrogens is 634 g/mol. The molecule has 2 bridgehead atoms. The van der Waals surface area contributed by atoms with Gasteiger partial charge < -0.3 is 53.0 Å². The number of cyclic esters (lactones) is 1. The number of carbonyl (C=O) groups is 1. The van der Waals surface area contributed by atoms with E-state index in [9.17, 15) is 15.0 Å². The first kappa shape index (κ1) is 39.3. The van der Waals surface area contributed by atoms with Crippen molar-refractivity contribution in [2.24, 2.45) is 23.7 Å². The van der Waals surface area contributed by atoms with Crippen molar-refractivity contribution in [3.63, 3.8) is 0 Å². The van der Waals surface area contributed by atoms with Gasteiger partial charge in [0.2, 0.25) is 0 Å². The topological polar surface area (TPSA) is 138 Å². The summed E-state index contributed by atoms with van der Waals surface area (Å²) in [5, 5.41) is 22.5. The molecule has 49 heavy (non-hydrogen) atoms. The summed E-state index contributed by atoms with van der Waals surface area (Å²) < 4.78 is 51.9. The molecule has 0 unspecified atom stereocenters. The first-order valence-corrected chi connectivity index (χ1v) is 18.6. The molecular formula is C37H65NO11. The van der Waals surface area contributed by atoms with E-state index in [-0.39, 0.29) is 42.6 Å². The van der Waals surface area contributed by atoms with Gasteiger partial charge in [-0.1, -0.05) is 27.7 Å². The molecule has 0 radical (unpaired) electrons. The van der Waals surface area contributed by atoms with Gasteiger partial charge in [-0.15, -0.1) is 0 Å². The smallest absolute Gasteiger partial charge is 0.311 e. The van der Waals surface area contributed by atoms with Gasteiger partial charge in [0, 0.05) is 31.4 Å². The Morgan fingerprint density at radius 3 is 2.20 bits per heavy atom. The molecule has 0 amide bonds. The Morgan fingerprint density at radius 2 is 1.61 bits per heavy atom. The highest BCUT2D eigenvalue weighted by molar-refractivity contribution is 5.73. The van der Waals surface area contributed by atoms with E-state index in [2.05, 4.69) is 27.7 Å². The van der Waals surface area contributed by atoms with E-state index in [4.69, 9.17) is 37.9 Å². The second kappa shape index (κ2) is 14.5. The van der Waals surface area contributed by atoms with Crippen LogP contribution in [0.2, 0.25) is 0 Å². The first-order valence-electron chi connectivity index (χ1n) is 18.6. The lowest BCUT2D eigenvalue weighted by atomic mass is 9.77. The van der Waals surface area contributed by atoms with Crippen molar-refractivity contribution in [3.05, 3.63) is 0 Å². The largest absolute Gasteiger partial charge is 0.459 e. The van der Waals surface area contributed by atoms with Crippen LogP contribution in [0.25, 0.3) is 0 Å². The zero-order valence-electron chi connectivity index (χ0n) is 32.1. The number of likely N-dealkylation sites (N-methyl/N-ethyl adjacent to an activating group) is 1. The maximum Gasteiger partial charge on any atom is 0.311 e. The first-order chi connectivity index (χ1) is 22.8. The molecule has 19 atom stereocenters. The minimum absolute atomic E-state index is 0.0230. The SMILES string of the molecule is CC[C@@H]1O[C@@]1(C)[C@@H]1OC(=O)[C@H](C)[C@@H](O[C@H]2C[C@@](C)(OC)[C@@H](O)[C@H](C)O2)[C@H](C)[C@@H](O[C@@H]2O[C@H](C)C[C@H](N(C)C)[C@H]2O)[C@@]2(C)C[C@@H](C)[C@H](O2)[C@@H]1C. The Bertz CT molecular complexity index is 1160. The summed E-state index contributed by atoms with van der Waals surface area (Å²) in [6.45, 7) is 19.9. The number of methoxy groups -OCH3 is 1. The molecule has 0 aromatic rings. The quantitative estimate of drug-likeness (QED) is 0.283. The summed E-state index contributed by atoms with van der Waals surface area (Å²) in [6, 6.07) is -0.168. The van der Waals surface area contributed by atoms with Crippen molar-refractivity contribution in [3.8, 4) is 0 Å². The van der Waals surface area contributed by atoms with Gasteiger partial charge in [0.15, 0.2) is 12.6 Å². The van der Waals surface area contributed by atoms with Crippen LogP contribution in [-0.2, 0) is 42.7 Å². The molecule has 12 heteroatoms. The zero-order valence-corrected chi connectivity index (χ0v) is 32.1. The highest BCUT2D eigenvalue weighted by Crippen LogP contribution is 2.52. The van der Waals surface area contributed by atoms with Crippen molar-refractivity contribution in [2.45, 2.75) is 185 Å². The Hall–Kier alpha value is -0.930. The van der Waals surface area contributed by atoms with Gasteiger partial charge in [-0.3, -0.25) is 4.79 Å². The Morgan fingerprint density at radius 1 is 0.939 bits per heavy atom. The molecule has 5 heterocycles. The minimum Gasteiger partial charge on any atom is -0.459 e. The van der Waals surface area contributed by atoms with E-state index in [1.165, 1.54) is 0 Å². The predicted molar refractivity (Wildman–Crippen MR) is 181 cm³/mol. The van der Waals surface area contributed by atoms with Crippen LogP contribution in [0.3, 0.4) is 0 Å². The minimum atomic E-state index is -0.932. The van der Waals surface area contributed by atoms with Crippen LogP contribution in [0.15, 0.2) is 0 Å². The molecule has 0 aromatic carbocycles. The normalized spacial score (nSPS) is 54.0. The predicted octanol–water partition coefficient (Wildman–Crippen LogP) is 3.67. The summed E-state index contributed by atoms with van der Waals surface area (Å²) in [5.41, 5.74) is -2.39. The average Bonchev–Trinajstić information content (AvgIpc) is 3.62. The monoisotopic (exact) mass is 699 g/mol. The van der Waals surface area contributed by atoms with Gasteiger partial charge in [0.05, 0.1) is 53.7 Å². The summed E-state index contributed by atoms with van der Waals surface area (Å²) >= 11 is 0. The van der Waals surface area contributed by atoms with Crippen molar-refractivity contribution in [2.75, 3.05) is 21.2 Å². The molecule has 0 spiro atoms. The summed E-state index contributed by atoms with van der Waals surface area (Å²) in [7, 11) is 5.46. The number of hydrogen-bond donors (Lipinski definition) is 2. The number of epoxide rings is 1. The third kappa shape index (κ3) is 7.35. The molecule has 284 valence electrons. The van der Waals surface area contributed by atoms with E-state index in [1.54, 1.807) is 14.0 Å². The van der Waals surface area contributed by atoms with Crippen LogP contribution < -0.4 is 0 Å². The number of esters is 1. The molecule has 5 aliphatic rings. The van der Waals surface area contributed by atoms with Crippen LogP contribution in [0.4, 0.5) is 0 Å². The molecule has 0 saturated carbocycles. The molecule has 2 N–H and O–H groups in total. The Labute approximate surface area is 293 Å². The Kier molecular flexibility index (Phi) is 11.6. The number of ether oxygens (including phenoxy) is 8. The fourth-order valence-corrected chi connectivity index (χ4v) is 9.60. The second-order valence-electron chi connectivity index (χ2n) is 16.8. The van der Waals surface area contributed by atoms with Crippen LogP contribution in [0.1, 0.15) is 94.9 Å². The third-order valence-corrected chi connectivity index (χ3v) is 12.6. The highest BCUT2D eigenvalue weighted by Gasteiger charge is 2.64. The number of aliphatic hydroxyl groups excluding tert-OH is 2. The summed E-state index contributed by atoms with van der Waals surface area (Å²) in [5.74, 6) is -1.68. The van der Waals surface area contributed by atoms with Gasteiger partial charge in [-0.05, 0) is 80.8 Å². The molecule has 0 aliphatic carbocycles. The van der Waals surface area contributed by atoms with Gasteiger partial charge >= 0.3 is 5.97 Å². The molecule has 5 saturated heterocycles. The number of nitrogens with zero attached hydrogens (tertiary/aromatic N) is 1. The van der Waals surface area contributed by atoms with E-state index in [1.807, 2.05) is 53.6 Å². The van der Waals surface area contributed by atoms with E-state index >= 15 is 0 Å². The number of aliphatic hydroxyl groups is 2. The van der Waals surface area contributed by atoms with Crippen LogP contribution >= 0.6 is 0 Å². The Balaban J connectivity index is 1.56. The highest BCUT2D eigenvalue weighted by atomic mass is 16.7. The van der Waals surface area contributed by atoms with Gasteiger partial charge in [0.1, 0.15) is 23.9 Å². The molecule has 12 nitrogen and oxygen atoms in total.